The van der Waals surface area contributed by atoms with E-state index in [2.05, 4.69) is 5.32 Å². The van der Waals surface area contributed by atoms with Crippen molar-refractivity contribution in [1.29, 1.82) is 0 Å². The number of carbonyl (C=O) groups is 2. The van der Waals surface area contributed by atoms with E-state index in [9.17, 15) is 9.59 Å². The van der Waals surface area contributed by atoms with E-state index in [0.29, 0.717) is 29.5 Å². The van der Waals surface area contributed by atoms with Gasteiger partial charge < -0.3 is 14.8 Å². The Balaban J connectivity index is 1.49. The smallest absolute Gasteiger partial charge is 0.220 e. The molecule has 0 aliphatic rings. The van der Waals surface area contributed by atoms with E-state index >= 15 is 0 Å². The molecule has 150 valence electrons. The van der Waals surface area contributed by atoms with Gasteiger partial charge in [0.15, 0.2) is 17.3 Å². The second-order valence-electron chi connectivity index (χ2n) is 6.44. The first-order valence-corrected chi connectivity index (χ1v) is 10.2. The van der Waals surface area contributed by atoms with Crippen LogP contribution in [0.5, 0.6) is 11.5 Å². The number of hydrogen-bond acceptors (Lipinski definition) is 5. The van der Waals surface area contributed by atoms with Crippen LogP contribution in [0.15, 0.2) is 66.0 Å². The number of amides is 1. The van der Waals surface area contributed by atoms with Crippen LogP contribution in [0.2, 0.25) is 0 Å². The molecule has 1 aromatic heterocycles. The molecule has 29 heavy (non-hydrogen) atoms. The number of nitrogens with one attached hydrogen (secondary N) is 1. The van der Waals surface area contributed by atoms with Crippen molar-refractivity contribution in [3.8, 4) is 11.5 Å². The van der Waals surface area contributed by atoms with E-state index in [-0.39, 0.29) is 24.5 Å². The average Bonchev–Trinajstić information content (AvgIpc) is 3.30. The number of rotatable bonds is 10. The average molecular weight is 410 g/mol. The Morgan fingerprint density at radius 3 is 2.48 bits per heavy atom. The highest BCUT2D eigenvalue weighted by Gasteiger charge is 2.11. The Labute approximate surface area is 174 Å². The lowest BCUT2D eigenvalue weighted by atomic mass is 10.1. The van der Waals surface area contributed by atoms with Crippen LogP contribution in [0.4, 0.5) is 0 Å². The van der Waals surface area contributed by atoms with Gasteiger partial charge >= 0.3 is 0 Å². The Kier molecular flexibility index (Phi) is 7.41. The van der Waals surface area contributed by atoms with Crippen LogP contribution < -0.4 is 14.8 Å². The SMILES string of the molecule is COc1cc(CNC(=O)CCC(=O)c2cccs2)ccc1OCc1ccccc1. The van der Waals surface area contributed by atoms with Gasteiger partial charge in [0.25, 0.3) is 0 Å². The normalized spacial score (nSPS) is 10.4. The molecule has 5 nitrogen and oxygen atoms in total. The highest BCUT2D eigenvalue weighted by Crippen LogP contribution is 2.28. The zero-order valence-electron chi connectivity index (χ0n) is 16.2. The number of ketones is 1. The summed E-state index contributed by atoms with van der Waals surface area (Å²) in [5, 5.41) is 4.70. The summed E-state index contributed by atoms with van der Waals surface area (Å²) in [6.07, 6.45) is 0.383. The highest BCUT2D eigenvalue weighted by atomic mass is 32.1. The van der Waals surface area contributed by atoms with Gasteiger partial charge in [-0.1, -0.05) is 42.5 Å². The summed E-state index contributed by atoms with van der Waals surface area (Å²) in [7, 11) is 1.59. The first-order chi connectivity index (χ1) is 14.2. The van der Waals surface area contributed by atoms with Crippen molar-refractivity contribution in [3.63, 3.8) is 0 Å². The fourth-order valence-corrected chi connectivity index (χ4v) is 3.45. The van der Waals surface area contributed by atoms with E-state index in [1.54, 1.807) is 13.2 Å². The number of ether oxygens (including phenoxy) is 2. The molecule has 0 bridgehead atoms. The van der Waals surface area contributed by atoms with Gasteiger partial charge in [0.1, 0.15) is 6.61 Å². The third-order valence-electron chi connectivity index (χ3n) is 4.33. The summed E-state index contributed by atoms with van der Waals surface area (Å²) in [6.45, 7) is 0.812. The van der Waals surface area contributed by atoms with Crippen LogP contribution in [0.25, 0.3) is 0 Å². The minimum absolute atomic E-state index is 0.00302. The zero-order valence-corrected chi connectivity index (χ0v) is 17.0. The minimum atomic E-state index is -0.154. The standard InChI is InChI=1S/C23H23NO4S/c1-27-21-14-18(9-11-20(21)28-16-17-6-3-2-4-7-17)15-24-23(26)12-10-19(25)22-8-5-13-29-22/h2-9,11,13-14H,10,12,15-16H2,1H3,(H,24,26). The second-order valence-corrected chi connectivity index (χ2v) is 7.38. The molecular formula is C23H23NO4S. The van der Waals surface area contributed by atoms with Gasteiger partial charge in [-0.15, -0.1) is 11.3 Å². The largest absolute Gasteiger partial charge is 0.493 e. The van der Waals surface area contributed by atoms with Crippen LogP contribution >= 0.6 is 11.3 Å². The van der Waals surface area contributed by atoms with Crippen LogP contribution in [-0.2, 0) is 17.9 Å². The van der Waals surface area contributed by atoms with E-state index in [4.69, 9.17) is 9.47 Å². The molecule has 0 unspecified atom stereocenters. The summed E-state index contributed by atoms with van der Waals surface area (Å²) < 4.78 is 11.3. The predicted octanol–water partition coefficient (Wildman–Crippen LogP) is 4.62. The molecule has 1 amide bonds. The molecule has 3 aromatic rings. The van der Waals surface area contributed by atoms with Crippen molar-refractivity contribution in [2.45, 2.75) is 26.0 Å². The van der Waals surface area contributed by atoms with Gasteiger partial charge in [-0.3, -0.25) is 9.59 Å². The van der Waals surface area contributed by atoms with Crippen LogP contribution in [0.3, 0.4) is 0 Å². The Bertz CT molecular complexity index is 939. The molecule has 2 aromatic carbocycles. The summed E-state index contributed by atoms with van der Waals surface area (Å²) in [5.41, 5.74) is 1.97. The van der Waals surface area contributed by atoms with Gasteiger partial charge in [-0.25, -0.2) is 0 Å². The van der Waals surface area contributed by atoms with E-state index in [0.717, 1.165) is 11.1 Å². The first kappa shape index (κ1) is 20.6. The number of benzene rings is 2. The Morgan fingerprint density at radius 2 is 1.76 bits per heavy atom. The van der Waals surface area contributed by atoms with Gasteiger partial charge in [-0.2, -0.15) is 0 Å². The maximum absolute atomic E-state index is 12.1. The summed E-state index contributed by atoms with van der Waals surface area (Å²) in [6, 6.07) is 19.1. The second kappa shape index (κ2) is 10.4. The van der Waals surface area contributed by atoms with Crippen LogP contribution in [0, 0.1) is 0 Å². The number of methoxy groups -OCH3 is 1. The molecule has 3 rings (SSSR count). The Hall–Kier alpha value is -3.12. The fraction of sp³-hybridized carbons (Fsp3) is 0.217. The Morgan fingerprint density at radius 1 is 0.931 bits per heavy atom. The lowest BCUT2D eigenvalue weighted by Gasteiger charge is -2.13. The van der Waals surface area contributed by atoms with Crippen molar-refractivity contribution in [1.82, 2.24) is 5.32 Å². The molecule has 0 aliphatic heterocycles. The number of carbonyl (C=O) groups excluding carboxylic acids is 2. The number of hydrogen-bond donors (Lipinski definition) is 1. The van der Waals surface area contributed by atoms with Gasteiger partial charge in [0, 0.05) is 19.4 Å². The van der Waals surface area contributed by atoms with Crippen molar-refractivity contribution in [2.24, 2.45) is 0 Å². The van der Waals surface area contributed by atoms with Crippen molar-refractivity contribution in [2.75, 3.05) is 7.11 Å². The highest BCUT2D eigenvalue weighted by molar-refractivity contribution is 7.12. The molecule has 0 saturated heterocycles. The molecule has 0 radical (unpaired) electrons. The minimum Gasteiger partial charge on any atom is -0.493 e. The topological polar surface area (TPSA) is 64.6 Å². The lowest BCUT2D eigenvalue weighted by Crippen LogP contribution is -2.23. The molecule has 1 heterocycles. The van der Waals surface area contributed by atoms with Crippen molar-refractivity contribution < 1.29 is 19.1 Å². The van der Waals surface area contributed by atoms with E-state index in [1.165, 1.54) is 11.3 Å². The molecule has 1 N–H and O–H groups in total. The third-order valence-corrected chi connectivity index (χ3v) is 5.24. The van der Waals surface area contributed by atoms with E-state index in [1.807, 2.05) is 60.0 Å². The number of thiophene rings is 1. The monoisotopic (exact) mass is 409 g/mol. The molecule has 0 atom stereocenters. The maximum atomic E-state index is 12.1. The fourth-order valence-electron chi connectivity index (χ4n) is 2.75. The molecule has 0 spiro atoms. The quantitative estimate of drug-likeness (QED) is 0.497. The van der Waals surface area contributed by atoms with Crippen LogP contribution in [-0.4, -0.2) is 18.8 Å². The molecule has 0 fully saturated rings. The molecule has 0 saturated carbocycles. The molecular weight excluding hydrogens is 386 g/mol. The van der Waals surface area contributed by atoms with Gasteiger partial charge in [0.2, 0.25) is 5.91 Å². The summed E-state index contributed by atoms with van der Waals surface area (Å²) >= 11 is 1.39. The van der Waals surface area contributed by atoms with Gasteiger partial charge in [0.05, 0.1) is 12.0 Å². The summed E-state index contributed by atoms with van der Waals surface area (Å²) in [4.78, 5) is 24.7. The van der Waals surface area contributed by atoms with Gasteiger partial charge in [-0.05, 0) is 34.7 Å². The van der Waals surface area contributed by atoms with Crippen molar-refractivity contribution in [3.05, 3.63) is 82.0 Å². The maximum Gasteiger partial charge on any atom is 0.220 e. The molecule has 6 heteroatoms. The van der Waals surface area contributed by atoms with Crippen LogP contribution in [0.1, 0.15) is 33.6 Å². The van der Waals surface area contributed by atoms with E-state index < -0.39 is 0 Å². The van der Waals surface area contributed by atoms with Crippen molar-refractivity contribution >= 4 is 23.0 Å². The lowest BCUT2D eigenvalue weighted by molar-refractivity contribution is -0.121. The number of Topliss-reactive ketones (excluding diaryl/α,β-unsaturated/α-hetero) is 1. The third kappa shape index (κ3) is 6.19. The first-order valence-electron chi connectivity index (χ1n) is 9.33. The molecule has 0 aliphatic carbocycles. The zero-order chi connectivity index (χ0) is 20.5. The summed E-state index contributed by atoms with van der Waals surface area (Å²) in [5.74, 6) is 1.10. The predicted molar refractivity (Wildman–Crippen MR) is 113 cm³/mol.